The van der Waals surface area contributed by atoms with E-state index in [1.165, 1.54) is 0 Å². The van der Waals surface area contributed by atoms with Gasteiger partial charge in [-0.05, 0) is 49.4 Å². The van der Waals surface area contributed by atoms with E-state index in [9.17, 15) is 14.7 Å². The van der Waals surface area contributed by atoms with Gasteiger partial charge in [-0.25, -0.2) is 0 Å². The molecule has 1 saturated carbocycles. The van der Waals surface area contributed by atoms with Crippen LogP contribution < -0.4 is 16.4 Å². The maximum atomic E-state index is 11.8. The minimum absolute atomic E-state index is 0.0571. The molecule has 21 heavy (non-hydrogen) atoms. The minimum atomic E-state index is -0.304. The maximum absolute atomic E-state index is 11.8. The Morgan fingerprint density at radius 2 is 1.90 bits per heavy atom. The molecule has 0 radical (unpaired) electrons. The number of amides is 2. The highest BCUT2D eigenvalue weighted by Crippen LogP contribution is 2.24. The van der Waals surface area contributed by atoms with Crippen molar-refractivity contribution in [3.05, 3.63) is 29.8 Å². The first-order valence-corrected chi connectivity index (χ1v) is 7.13. The summed E-state index contributed by atoms with van der Waals surface area (Å²) in [5, 5.41) is 14.7. The number of aliphatic hydroxyl groups excluding tert-OH is 1. The van der Waals surface area contributed by atoms with Gasteiger partial charge in [0, 0.05) is 17.8 Å². The lowest BCUT2D eigenvalue weighted by atomic mass is 10.1. The van der Waals surface area contributed by atoms with Gasteiger partial charge in [0.25, 0.3) is 5.91 Å². The van der Waals surface area contributed by atoms with E-state index in [4.69, 9.17) is 5.73 Å². The molecule has 1 fully saturated rings. The van der Waals surface area contributed by atoms with Gasteiger partial charge < -0.3 is 21.5 Å². The van der Waals surface area contributed by atoms with Crippen molar-refractivity contribution in [3.8, 4) is 0 Å². The van der Waals surface area contributed by atoms with E-state index in [0.29, 0.717) is 23.7 Å². The third-order valence-corrected chi connectivity index (χ3v) is 3.68. The van der Waals surface area contributed by atoms with Gasteiger partial charge in [0.05, 0.1) is 12.6 Å². The molecule has 2 unspecified atom stereocenters. The lowest BCUT2D eigenvalue weighted by Crippen LogP contribution is -2.38. The van der Waals surface area contributed by atoms with Crippen LogP contribution in [0.25, 0.3) is 0 Å². The van der Waals surface area contributed by atoms with E-state index in [1.54, 1.807) is 24.3 Å². The Balaban J connectivity index is 1.68. The van der Waals surface area contributed by atoms with Crippen LogP contribution >= 0.6 is 0 Å². The molecule has 2 atom stereocenters. The van der Waals surface area contributed by atoms with Crippen LogP contribution in [0.3, 0.4) is 0 Å². The molecule has 0 spiro atoms. The number of nitrogen functional groups attached to an aromatic ring is 1. The van der Waals surface area contributed by atoms with Crippen molar-refractivity contribution in [2.45, 2.75) is 25.4 Å². The molecule has 0 bridgehead atoms. The highest BCUT2D eigenvalue weighted by Gasteiger charge is 2.22. The number of hydrogen-bond acceptors (Lipinski definition) is 4. The molecule has 0 aromatic heterocycles. The lowest BCUT2D eigenvalue weighted by molar-refractivity contribution is -0.120. The summed E-state index contributed by atoms with van der Waals surface area (Å²) in [4.78, 5) is 23.5. The Morgan fingerprint density at radius 1 is 1.19 bits per heavy atom. The fourth-order valence-corrected chi connectivity index (χ4v) is 2.45. The SMILES string of the molecule is Nc1ccc(C(=O)NCC(=O)NCC2CCC(O)C2)cc1. The third kappa shape index (κ3) is 4.75. The number of anilines is 1. The van der Waals surface area contributed by atoms with Crippen LogP contribution in [0.1, 0.15) is 29.6 Å². The molecule has 5 N–H and O–H groups in total. The van der Waals surface area contributed by atoms with Crippen LogP contribution in [0.15, 0.2) is 24.3 Å². The number of carbonyl (C=O) groups is 2. The smallest absolute Gasteiger partial charge is 0.251 e. The molecule has 114 valence electrons. The average molecular weight is 291 g/mol. The van der Waals surface area contributed by atoms with Crippen LogP contribution in [0, 0.1) is 5.92 Å². The zero-order valence-electron chi connectivity index (χ0n) is 11.8. The monoisotopic (exact) mass is 291 g/mol. The van der Waals surface area contributed by atoms with Gasteiger partial charge in [-0.3, -0.25) is 9.59 Å². The van der Waals surface area contributed by atoms with E-state index < -0.39 is 0 Å². The first-order chi connectivity index (χ1) is 10.0. The summed E-state index contributed by atoms with van der Waals surface area (Å²) in [6.07, 6.45) is 2.23. The van der Waals surface area contributed by atoms with Crippen LogP contribution in [-0.2, 0) is 4.79 Å². The summed E-state index contributed by atoms with van der Waals surface area (Å²) in [5.41, 5.74) is 6.60. The first-order valence-electron chi connectivity index (χ1n) is 7.13. The van der Waals surface area contributed by atoms with E-state index in [1.807, 2.05) is 0 Å². The van der Waals surface area contributed by atoms with Crippen molar-refractivity contribution < 1.29 is 14.7 Å². The van der Waals surface area contributed by atoms with Crippen molar-refractivity contribution in [2.24, 2.45) is 5.92 Å². The van der Waals surface area contributed by atoms with Gasteiger partial charge in [-0.2, -0.15) is 0 Å². The zero-order valence-corrected chi connectivity index (χ0v) is 11.8. The zero-order chi connectivity index (χ0) is 15.2. The Morgan fingerprint density at radius 3 is 2.52 bits per heavy atom. The predicted molar refractivity (Wildman–Crippen MR) is 79.5 cm³/mol. The number of carbonyl (C=O) groups excluding carboxylic acids is 2. The van der Waals surface area contributed by atoms with Crippen molar-refractivity contribution in [1.82, 2.24) is 10.6 Å². The summed E-state index contributed by atoms with van der Waals surface area (Å²) in [6.45, 7) is 0.492. The number of benzene rings is 1. The van der Waals surface area contributed by atoms with Gasteiger partial charge in [-0.15, -0.1) is 0 Å². The van der Waals surface area contributed by atoms with E-state index in [0.717, 1.165) is 19.3 Å². The number of nitrogens with two attached hydrogens (primary N) is 1. The molecule has 2 amide bonds. The molecule has 2 rings (SSSR count). The van der Waals surface area contributed by atoms with Gasteiger partial charge in [0.2, 0.25) is 5.91 Å². The number of rotatable bonds is 5. The molecule has 1 aliphatic carbocycles. The molecule has 1 aromatic rings. The van der Waals surface area contributed by atoms with Gasteiger partial charge in [0.15, 0.2) is 0 Å². The largest absolute Gasteiger partial charge is 0.399 e. The quantitative estimate of drug-likeness (QED) is 0.585. The minimum Gasteiger partial charge on any atom is -0.399 e. The summed E-state index contributed by atoms with van der Waals surface area (Å²) < 4.78 is 0. The van der Waals surface area contributed by atoms with Crippen LogP contribution in [-0.4, -0.2) is 36.1 Å². The average Bonchev–Trinajstić information content (AvgIpc) is 2.89. The fourth-order valence-electron chi connectivity index (χ4n) is 2.45. The number of aliphatic hydroxyl groups is 1. The number of nitrogens with one attached hydrogen (secondary N) is 2. The second kappa shape index (κ2) is 7.08. The molecule has 6 heteroatoms. The van der Waals surface area contributed by atoms with Gasteiger partial charge >= 0.3 is 0 Å². The van der Waals surface area contributed by atoms with Crippen LogP contribution in [0.4, 0.5) is 5.69 Å². The normalized spacial score (nSPS) is 21.0. The highest BCUT2D eigenvalue weighted by molar-refractivity contribution is 5.96. The maximum Gasteiger partial charge on any atom is 0.251 e. The van der Waals surface area contributed by atoms with E-state index in [-0.39, 0.29) is 24.5 Å². The standard InChI is InChI=1S/C15H21N3O3/c16-12-4-2-11(3-5-12)15(21)18-9-14(20)17-8-10-1-6-13(19)7-10/h2-5,10,13,19H,1,6-9,16H2,(H,17,20)(H,18,21). The summed E-state index contributed by atoms with van der Waals surface area (Å²) in [6, 6.07) is 6.51. The molecular weight excluding hydrogens is 270 g/mol. The fraction of sp³-hybridized carbons (Fsp3) is 0.467. The Hall–Kier alpha value is -2.08. The van der Waals surface area contributed by atoms with Crippen molar-refractivity contribution >= 4 is 17.5 Å². The van der Waals surface area contributed by atoms with Crippen molar-refractivity contribution in [1.29, 1.82) is 0 Å². The van der Waals surface area contributed by atoms with E-state index >= 15 is 0 Å². The van der Waals surface area contributed by atoms with Crippen molar-refractivity contribution in [3.63, 3.8) is 0 Å². The molecule has 1 aliphatic rings. The lowest BCUT2D eigenvalue weighted by Gasteiger charge is -2.11. The first kappa shape index (κ1) is 15.3. The summed E-state index contributed by atoms with van der Waals surface area (Å²) >= 11 is 0. The Bertz CT molecular complexity index is 501. The van der Waals surface area contributed by atoms with Gasteiger partial charge in [-0.1, -0.05) is 0 Å². The molecule has 1 aromatic carbocycles. The molecule has 0 saturated heterocycles. The van der Waals surface area contributed by atoms with E-state index in [2.05, 4.69) is 10.6 Å². The molecule has 6 nitrogen and oxygen atoms in total. The van der Waals surface area contributed by atoms with Gasteiger partial charge in [0.1, 0.15) is 0 Å². The Kier molecular flexibility index (Phi) is 5.16. The Labute approximate surface area is 123 Å². The molecule has 0 heterocycles. The summed E-state index contributed by atoms with van der Waals surface area (Å²) in [7, 11) is 0. The third-order valence-electron chi connectivity index (χ3n) is 3.68. The van der Waals surface area contributed by atoms with Crippen LogP contribution in [0.5, 0.6) is 0 Å². The predicted octanol–water partition coefficient (Wildman–Crippen LogP) is 0.276. The molecular formula is C15H21N3O3. The summed E-state index contributed by atoms with van der Waals surface area (Å²) in [5.74, 6) is -0.196. The number of hydrogen-bond donors (Lipinski definition) is 4. The topological polar surface area (TPSA) is 104 Å². The second-order valence-electron chi connectivity index (χ2n) is 5.44. The second-order valence-corrected chi connectivity index (χ2v) is 5.44. The van der Waals surface area contributed by atoms with Crippen LogP contribution in [0.2, 0.25) is 0 Å². The molecule has 0 aliphatic heterocycles. The van der Waals surface area contributed by atoms with Crippen molar-refractivity contribution in [2.75, 3.05) is 18.8 Å². The highest BCUT2D eigenvalue weighted by atomic mass is 16.3.